The number of carbonyl (C=O) groups is 2. The molecule has 0 aliphatic carbocycles. The van der Waals surface area contributed by atoms with Crippen molar-refractivity contribution < 1.29 is 152 Å². The summed E-state index contributed by atoms with van der Waals surface area (Å²) in [6.07, 6.45) is 0. The summed E-state index contributed by atoms with van der Waals surface area (Å²) in [5, 5.41) is 35.9. The highest BCUT2D eigenvalue weighted by Crippen LogP contribution is 1.61. The van der Waals surface area contributed by atoms with Gasteiger partial charge in [-0.15, -0.1) is 4.91 Å². The molecule has 0 rings (SSSR count). The molecule has 0 atom stereocenters. The average Bonchev–Trinajstić information content (AvgIpc) is 3.16. The minimum atomic E-state index is -1.08. The van der Waals surface area contributed by atoms with Gasteiger partial charge < -0.3 is 152 Å². The van der Waals surface area contributed by atoms with Crippen molar-refractivity contribution in [3.63, 3.8) is 0 Å². The van der Waals surface area contributed by atoms with E-state index in [-0.39, 0.29) is 53.4 Å². The van der Waals surface area contributed by atoms with Crippen molar-refractivity contribution in [2.45, 2.75) is 6.92 Å². The Kier molecular flexibility index (Phi) is 163. The summed E-state index contributed by atoms with van der Waals surface area (Å²) in [5.74, 6) is -1.08. The molecule has 0 aliphatic rings. The molecule has 0 saturated carbocycles. The molecule has 0 unspecified atom stereocenters. The average molecular weight is 1060 g/mol. The van der Waals surface area contributed by atoms with E-state index in [0.717, 1.165) is 138 Å². The summed E-state index contributed by atoms with van der Waals surface area (Å²) in [4.78, 5) is 25.2. The molecule has 11 N–H and O–H groups in total. The van der Waals surface area contributed by atoms with Crippen molar-refractivity contribution in [3.8, 4) is 0 Å². The molecule has 0 aliphatic heterocycles. The van der Waals surface area contributed by atoms with Crippen LogP contribution in [0.2, 0.25) is 0 Å². The molecule has 0 radical (unpaired) electrons. The van der Waals surface area contributed by atoms with Crippen LogP contribution in [0.25, 0.3) is 0 Å². The Balaban J connectivity index is -0.0000000493. The molecule has 0 bridgehead atoms. The first-order chi connectivity index (χ1) is 26.6. The molecule has 0 spiro atoms. The number of carboxylic acids is 1. The summed E-state index contributed by atoms with van der Waals surface area (Å²) in [6.45, 7) is 19.0. The Bertz CT molecular complexity index is 487. The topological polar surface area (TPSA) is 305 Å². The van der Waals surface area contributed by atoms with Crippen LogP contribution in [0.15, 0.2) is 5.34 Å². The number of ether oxygens (including phenoxy) is 10. The number of methoxy groups -OCH3 is 10. The number of hydrogen-bond acceptors (Lipinski definition) is 16. The highest BCUT2D eigenvalue weighted by Gasteiger charge is 1.90. The molecule has 0 amide bonds. The van der Waals surface area contributed by atoms with Crippen LogP contribution in [0.5, 0.6) is 0 Å². The van der Waals surface area contributed by atoms with Gasteiger partial charge in [0.1, 0.15) is 0 Å². The Morgan fingerprint density at radius 3 is 0.603 bits per heavy atom. The molecule has 0 aromatic rings. The van der Waals surface area contributed by atoms with Crippen molar-refractivity contribution in [2.75, 3.05) is 203 Å². The zero-order valence-electron chi connectivity index (χ0n) is 37.3. The molecular weight excluding hydrogens is 979 g/mol. The predicted molar refractivity (Wildman–Crippen MR) is 201 cm³/mol. The van der Waals surface area contributed by atoms with E-state index < -0.39 is 12.4 Å². The molecule has 22 nitrogen and oxygen atoms in total. The molecule has 0 saturated heterocycles. The largest absolute Gasteiger partial charge is 1.00 e. The summed E-state index contributed by atoms with van der Waals surface area (Å²) in [5.41, 5.74) is 0. The van der Waals surface area contributed by atoms with Crippen molar-refractivity contribution >= 4 is 12.4 Å². The van der Waals surface area contributed by atoms with Crippen LogP contribution in [-0.2, 0) is 57.0 Å². The van der Waals surface area contributed by atoms with Crippen molar-refractivity contribution in [1.82, 2.24) is 0 Å². The van der Waals surface area contributed by atoms with Crippen LogP contribution in [0.3, 0.4) is 0 Å². The summed E-state index contributed by atoms with van der Waals surface area (Å²) in [6, 6.07) is 0. The van der Waals surface area contributed by atoms with Gasteiger partial charge in [0.15, 0.2) is 5.34 Å². The van der Waals surface area contributed by atoms with Crippen LogP contribution >= 0.6 is 0 Å². The lowest BCUT2D eigenvalue weighted by Crippen LogP contribution is -3.00. The van der Waals surface area contributed by atoms with E-state index in [1.165, 1.54) is 5.34 Å². The number of carboxylic acid groups (broad SMARTS) is 2. The molecule has 0 aromatic carbocycles. The molecule has 0 heterocycles. The van der Waals surface area contributed by atoms with E-state index in [2.05, 4.69) is 26.6 Å². The Labute approximate surface area is 383 Å². The first-order valence-corrected chi connectivity index (χ1v) is 17.8. The SMILES string of the molecule is CC(=O)[O-].COCC[NH2+]CCOC.COCC[NH2+]CCOC.COCC[NH2+]CCOC.COCC[NH2+]CCOC.COCC[NH2+]CCOC.O=C[O-].O=NO.[Br-].[Cl-].[I-]. The van der Waals surface area contributed by atoms with Gasteiger partial charge in [-0.25, -0.2) is 0 Å². The standard InChI is InChI=1S/5C6H15NO2.C2H4O2.CH2O2.BrH.ClH.HI.HNO2/c5*1-8-5-3-7-4-6-9-2;1-2(3)4;2-1-3;;;;2-1-3/h5*7H,3-6H2,1-2H3;1H3,(H,3,4);1H,(H,2,3);3*1H;(H,2,3). The zero-order chi connectivity index (χ0) is 43.7. The third-order valence-corrected chi connectivity index (χ3v) is 5.26. The Morgan fingerprint density at radius 2 is 0.552 bits per heavy atom. The summed E-state index contributed by atoms with van der Waals surface area (Å²) >= 11 is 0. The molecule has 0 fully saturated rings. The highest BCUT2D eigenvalue weighted by atomic mass is 127. The van der Waals surface area contributed by atoms with Crippen molar-refractivity contribution in [1.29, 1.82) is 0 Å². The summed E-state index contributed by atoms with van der Waals surface area (Å²) < 4.78 is 48.5. The third-order valence-electron chi connectivity index (χ3n) is 5.26. The normalized spacial score (nSPS) is 8.60. The van der Waals surface area contributed by atoms with Crippen LogP contribution in [0.1, 0.15) is 6.92 Å². The van der Waals surface area contributed by atoms with Gasteiger partial charge in [-0.3, -0.25) is 0 Å². The van der Waals surface area contributed by atoms with Crippen molar-refractivity contribution in [2.24, 2.45) is 5.34 Å². The molecule has 364 valence electrons. The lowest BCUT2D eigenvalue weighted by atomic mass is 10.6. The summed E-state index contributed by atoms with van der Waals surface area (Å²) in [7, 11) is 17.1. The number of rotatable bonds is 30. The highest BCUT2D eigenvalue weighted by molar-refractivity contribution is 5.60. The first kappa shape index (κ1) is 84.7. The van der Waals surface area contributed by atoms with Gasteiger partial charge >= 0.3 is 0 Å². The number of nitrogens with zero attached hydrogens (tertiary/aromatic N) is 1. The van der Waals surface area contributed by atoms with Crippen molar-refractivity contribution in [3.05, 3.63) is 4.91 Å². The lowest BCUT2D eigenvalue weighted by Gasteiger charge is -1.98. The zero-order valence-corrected chi connectivity index (χ0v) is 41.8. The van der Waals surface area contributed by atoms with Crippen LogP contribution in [-0.4, -0.2) is 220 Å². The van der Waals surface area contributed by atoms with Crippen LogP contribution < -0.4 is 90.2 Å². The number of nitrogens with two attached hydrogens (primary N) is 5. The molecule has 25 heteroatoms. The Hall–Kier alpha value is -0.760. The second-order valence-electron chi connectivity index (χ2n) is 9.93. The first-order valence-electron chi connectivity index (χ1n) is 17.8. The van der Waals surface area contributed by atoms with E-state index in [0.29, 0.717) is 0 Å². The fourth-order valence-corrected chi connectivity index (χ4v) is 2.73. The quantitative estimate of drug-likeness (QED) is 0.0128. The maximum Gasteiger partial charge on any atom is 0.152 e. The van der Waals surface area contributed by atoms with Gasteiger partial charge in [-0.1, -0.05) is 0 Å². The monoisotopic (exact) mass is 1060 g/mol. The second kappa shape index (κ2) is 111. The van der Waals surface area contributed by atoms with E-state index in [9.17, 15) is 0 Å². The Morgan fingerprint density at radius 1 is 0.483 bits per heavy atom. The van der Waals surface area contributed by atoms with Gasteiger partial charge in [-0.2, -0.15) is 0 Å². The van der Waals surface area contributed by atoms with Gasteiger partial charge in [-0.05, 0) is 6.92 Å². The number of hydrogen-bond donors (Lipinski definition) is 6. The lowest BCUT2D eigenvalue weighted by molar-refractivity contribution is -0.657. The minimum Gasteiger partial charge on any atom is -1.00 e. The molecular formula is C33H85BrClIN6O16. The maximum absolute atomic E-state index is 8.89. The van der Waals surface area contributed by atoms with Gasteiger partial charge in [0.05, 0.1) is 132 Å². The maximum atomic E-state index is 8.89. The minimum absolute atomic E-state index is 0. The van der Waals surface area contributed by atoms with Crippen LogP contribution in [0.4, 0.5) is 0 Å². The number of halogens is 3. The fraction of sp³-hybridized carbons (Fsp3) is 0.939. The smallest absolute Gasteiger partial charge is 0.152 e. The van der Waals surface area contributed by atoms with Crippen LogP contribution in [0, 0.1) is 4.91 Å². The van der Waals surface area contributed by atoms with E-state index >= 15 is 0 Å². The third kappa shape index (κ3) is 190. The fourth-order valence-electron chi connectivity index (χ4n) is 2.73. The predicted octanol–water partition coefficient (Wildman–Crippen LogP) is -17.5. The number of aliphatic carboxylic acids is 1. The van der Waals surface area contributed by atoms with E-state index in [1.54, 1.807) is 71.1 Å². The second-order valence-corrected chi connectivity index (χ2v) is 9.93. The number of quaternary nitrogens is 5. The van der Waals surface area contributed by atoms with E-state index in [1.807, 2.05) is 0 Å². The van der Waals surface area contributed by atoms with Gasteiger partial charge in [0, 0.05) is 83.5 Å². The van der Waals surface area contributed by atoms with Gasteiger partial charge in [0.2, 0.25) is 0 Å². The molecule has 0 aromatic heterocycles. The van der Waals surface area contributed by atoms with Gasteiger partial charge in [0.25, 0.3) is 0 Å². The number of carbonyl (C=O) groups excluding carboxylic acids is 2. The van der Waals surface area contributed by atoms with E-state index in [4.69, 9.17) is 77.3 Å². The molecule has 58 heavy (non-hydrogen) atoms.